The van der Waals surface area contributed by atoms with Crippen LogP contribution in [0, 0.1) is 6.07 Å². The Balaban J connectivity index is 0. The Bertz CT molecular complexity index is 80.5. The molecule has 0 fully saturated rings. The molecule has 0 radical (unpaired) electrons. The van der Waals surface area contributed by atoms with Crippen LogP contribution < -0.4 is 12.4 Å². The third kappa shape index (κ3) is 3.85. The fourth-order valence-electron chi connectivity index (χ4n) is 0.342. The molecule has 0 nitrogen and oxygen atoms in total. The van der Waals surface area contributed by atoms with Crippen LogP contribution in [0.1, 0.15) is 0 Å². The van der Waals surface area contributed by atoms with Gasteiger partial charge in [-0.05, 0) is 0 Å². The van der Waals surface area contributed by atoms with Gasteiger partial charge in [-0.2, -0.15) is 36.4 Å². The Kier molecular flexibility index (Phi) is 8.87. The van der Waals surface area contributed by atoms with Gasteiger partial charge >= 0.3 is 10.1 Å². The summed E-state index contributed by atoms with van der Waals surface area (Å²) in [5.74, 6) is 0. The van der Waals surface area contributed by atoms with Crippen LogP contribution in [0.25, 0.3) is 0 Å². The zero-order valence-corrected chi connectivity index (χ0v) is 5.23. The zero-order valence-electron chi connectivity index (χ0n) is 4.47. The van der Waals surface area contributed by atoms with E-state index in [0.29, 0.717) is 0 Å². The molecular formula is C6H5BeCl. The summed E-state index contributed by atoms with van der Waals surface area (Å²) in [4.78, 5) is 0. The molecule has 8 heavy (non-hydrogen) atoms. The van der Waals surface area contributed by atoms with Crippen molar-refractivity contribution in [1.82, 2.24) is 0 Å². The van der Waals surface area contributed by atoms with Crippen LogP contribution in [0.2, 0.25) is 0 Å². The van der Waals surface area contributed by atoms with Crippen molar-refractivity contribution in [3.8, 4) is 0 Å². The first-order valence-electron chi connectivity index (χ1n) is 1.91. The second-order valence-electron chi connectivity index (χ2n) is 1.08. The molecule has 1 rings (SSSR count). The molecule has 0 amide bonds. The fourth-order valence-corrected chi connectivity index (χ4v) is 0.342. The van der Waals surface area contributed by atoms with E-state index in [1.807, 2.05) is 30.3 Å². The van der Waals surface area contributed by atoms with Gasteiger partial charge in [0.2, 0.25) is 0 Å². The molecule has 0 aliphatic heterocycles. The molecule has 2 heteroatoms. The van der Waals surface area contributed by atoms with E-state index in [1.54, 1.807) is 0 Å². The van der Waals surface area contributed by atoms with Crippen molar-refractivity contribution in [2.45, 2.75) is 0 Å². The van der Waals surface area contributed by atoms with Gasteiger partial charge in [0.05, 0.1) is 0 Å². The second-order valence-corrected chi connectivity index (χ2v) is 1.08. The average molecular weight is 122 g/mol. The van der Waals surface area contributed by atoms with Gasteiger partial charge in [-0.1, -0.05) is 0 Å². The van der Waals surface area contributed by atoms with Crippen LogP contribution in [0.15, 0.2) is 30.3 Å². The molecule has 0 N–H and O–H groups in total. The summed E-state index contributed by atoms with van der Waals surface area (Å²) in [6.45, 7) is 0. The van der Waals surface area contributed by atoms with E-state index < -0.39 is 0 Å². The van der Waals surface area contributed by atoms with Crippen molar-refractivity contribution in [3.05, 3.63) is 36.4 Å². The Morgan fingerprint density at radius 2 is 1.38 bits per heavy atom. The van der Waals surface area contributed by atoms with Gasteiger partial charge in [0.1, 0.15) is 0 Å². The predicted octanol–water partition coefficient (Wildman–Crippen LogP) is -1.89. The maximum atomic E-state index is 2.89. The van der Waals surface area contributed by atoms with Gasteiger partial charge in [0, 0.05) is 0 Å². The van der Waals surface area contributed by atoms with Gasteiger partial charge in [0.25, 0.3) is 0 Å². The summed E-state index contributed by atoms with van der Waals surface area (Å²) in [7, 11) is 0. The summed E-state index contributed by atoms with van der Waals surface area (Å²) < 4.78 is 0. The van der Waals surface area contributed by atoms with Crippen LogP contribution in [-0.2, 0) is 0 Å². The van der Waals surface area contributed by atoms with Crippen LogP contribution in [-0.4, -0.2) is 10.1 Å². The van der Waals surface area contributed by atoms with Gasteiger partial charge in [-0.15, -0.1) is 0 Å². The average Bonchev–Trinajstić information content (AvgIpc) is 1.72. The molecule has 0 atom stereocenters. The zero-order chi connectivity index (χ0) is 4.24. The smallest absolute Gasteiger partial charge is 1.00 e. The van der Waals surface area contributed by atoms with Gasteiger partial charge < -0.3 is 12.4 Å². The van der Waals surface area contributed by atoms with E-state index in [4.69, 9.17) is 0 Å². The molecular weight excluding hydrogens is 117 g/mol. The van der Waals surface area contributed by atoms with Crippen LogP contribution in [0.3, 0.4) is 0 Å². The molecule has 0 aliphatic rings. The largest absolute Gasteiger partial charge is 2.00 e. The first kappa shape index (κ1) is 10.6. The van der Waals surface area contributed by atoms with Crippen LogP contribution in [0.4, 0.5) is 0 Å². The molecule has 0 heterocycles. The minimum atomic E-state index is 0. The standard InChI is InChI=1S/C6H5.Be.ClH/c1-2-4-6-5-3-1;;/h1-5H;;1H/q-1;+2;/p-1. The minimum absolute atomic E-state index is 0. The molecule has 0 bridgehead atoms. The second kappa shape index (κ2) is 6.68. The Morgan fingerprint density at radius 3 is 1.50 bits per heavy atom. The summed E-state index contributed by atoms with van der Waals surface area (Å²) in [5.41, 5.74) is 0. The van der Waals surface area contributed by atoms with E-state index in [-0.39, 0.29) is 22.5 Å². The number of halogens is 1. The van der Waals surface area contributed by atoms with E-state index in [2.05, 4.69) is 6.07 Å². The quantitative estimate of drug-likeness (QED) is 0.278. The number of benzene rings is 1. The van der Waals surface area contributed by atoms with Crippen LogP contribution >= 0.6 is 0 Å². The monoisotopic (exact) mass is 121 g/mol. The first-order valence-corrected chi connectivity index (χ1v) is 1.91. The van der Waals surface area contributed by atoms with Crippen molar-refractivity contribution in [3.63, 3.8) is 0 Å². The third-order valence-corrected chi connectivity index (χ3v) is 0.607. The van der Waals surface area contributed by atoms with Gasteiger partial charge in [-0.3, -0.25) is 0 Å². The fraction of sp³-hybridized carbons (Fsp3) is 0. The molecule has 0 aliphatic carbocycles. The Morgan fingerprint density at radius 1 is 0.875 bits per heavy atom. The molecule has 1 aromatic rings. The number of rotatable bonds is 0. The maximum Gasteiger partial charge on any atom is 2.00 e. The van der Waals surface area contributed by atoms with Gasteiger partial charge in [-0.25, -0.2) is 0 Å². The van der Waals surface area contributed by atoms with Crippen molar-refractivity contribution in [1.29, 1.82) is 0 Å². The van der Waals surface area contributed by atoms with Crippen molar-refractivity contribution in [2.75, 3.05) is 0 Å². The molecule has 0 spiro atoms. The van der Waals surface area contributed by atoms with Crippen molar-refractivity contribution in [2.24, 2.45) is 0 Å². The summed E-state index contributed by atoms with van der Waals surface area (Å²) >= 11 is 0. The normalized spacial score (nSPS) is 6.00. The molecule has 0 aromatic heterocycles. The summed E-state index contributed by atoms with van der Waals surface area (Å²) in [5, 5.41) is 0. The maximum absolute atomic E-state index is 2.89. The van der Waals surface area contributed by atoms with E-state index >= 15 is 0 Å². The van der Waals surface area contributed by atoms with E-state index in [1.165, 1.54) is 0 Å². The summed E-state index contributed by atoms with van der Waals surface area (Å²) in [6, 6.07) is 12.5. The predicted molar refractivity (Wildman–Crippen MR) is 31.0 cm³/mol. The topological polar surface area (TPSA) is 0 Å². The Labute approximate surface area is 59.5 Å². The van der Waals surface area contributed by atoms with E-state index in [0.717, 1.165) is 0 Å². The van der Waals surface area contributed by atoms with Gasteiger partial charge in [0.15, 0.2) is 0 Å². The van der Waals surface area contributed by atoms with Crippen molar-refractivity contribution < 1.29 is 12.4 Å². The number of hydrogen-bond acceptors (Lipinski definition) is 0. The third-order valence-electron chi connectivity index (χ3n) is 0.607. The number of hydrogen-bond donors (Lipinski definition) is 0. The SMILES string of the molecule is [Be+2].[Cl-].[c-]1ccccc1. The van der Waals surface area contributed by atoms with Crippen molar-refractivity contribution >= 4 is 10.1 Å². The molecule has 0 saturated carbocycles. The molecule has 0 unspecified atom stereocenters. The molecule has 0 saturated heterocycles. The molecule has 38 valence electrons. The van der Waals surface area contributed by atoms with E-state index in [9.17, 15) is 0 Å². The first-order chi connectivity index (χ1) is 3.00. The Hall–Kier alpha value is -0.321. The minimum Gasteiger partial charge on any atom is -1.00 e. The summed E-state index contributed by atoms with van der Waals surface area (Å²) in [6.07, 6.45) is 0. The molecule has 1 aromatic carbocycles. The van der Waals surface area contributed by atoms with Crippen LogP contribution in [0.5, 0.6) is 0 Å².